The fourth-order valence-electron chi connectivity index (χ4n) is 2.18. The Balaban J connectivity index is 2.50. The Morgan fingerprint density at radius 1 is 1.37 bits per heavy atom. The van der Waals surface area contributed by atoms with Gasteiger partial charge >= 0.3 is 0 Å². The van der Waals surface area contributed by atoms with Gasteiger partial charge in [0.15, 0.2) is 5.78 Å². The van der Waals surface area contributed by atoms with Gasteiger partial charge in [-0.3, -0.25) is 4.79 Å². The topological polar surface area (TPSA) is 34.5 Å². The summed E-state index contributed by atoms with van der Waals surface area (Å²) in [4.78, 5) is 13.9. The molecule has 19 heavy (non-hydrogen) atoms. The minimum atomic E-state index is 0.0851. The molecule has 2 aromatic rings. The third-order valence-corrected chi connectivity index (χ3v) is 3.26. The standard InChI is InChI=1S/C15H20N2O2/c1-11(18)14-10-17(8-7-16(2)3)15-6-5-12(19-4)9-13(14)15/h5-6,9-10H,7-8H2,1-4H3. The Morgan fingerprint density at radius 2 is 2.11 bits per heavy atom. The summed E-state index contributed by atoms with van der Waals surface area (Å²) in [6.45, 7) is 3.40. The molecule has 1 aromatic carbocycles. The van der Waals surface area contributed by atoms with Crippen molar-refractivity contribution in [3.05, 3.63) is 30.0 Å². The Labute approximate surface area is 113 Å². The highest BCUT2D eigenvalue weighted by Gasteiger charge is 2.12. The average molecular weight is 260 g/mol. The number of aromatic nitrogens is 1. The minimum Gasteiger partial charge on any atom is -0.497 e. The molecule has 2 rings (SSSR count). The van der Waals surface area contributed by atoms with Gasteiger partial charge < -0.3 is 14.2 Å². The van der Waals surface area contributed by atoms with Crippen molar-refractivity contribution in [2.45, 2.75) is 13.5 Å². The first-order chi connectivity index (χ1) is 9.02. The lowest BCUT2D eigenvalue weighted by atomic mass is 10.1. The SMILES string of the molecule is COc1ccc2c(c1)c(C(C)=O)cn2CCN(C)C. The van der Waals surface area contributed by atoms with E-state index in [2.05, 4.69) is 9.47 Å². The monoisotopic (exact) mass is 260 g/mol. The Bertz CT molecular complexity index is 599. The van der Waals surface area contributed by atoms with Crippen LogP contribution in [0.15, 0.2) is 24.4 Å². The summed E-state index contributed by atoms with van der Waals surface area (Å²) in [7, 11) is 5.72. The molecule has 0 radical (unpaired) electrons. The van der Waals surface area contributed by atoms with Crippen LogP contribution in [0, 0.1) is 0 Å². The molecule has 0 spiro atoms. The van der Waals surface area contributed by atoms with Crippen LogP contribution in [-0.2, 0) is 6.54 Å². The smallest absolute Gasteiger partial charge is 0.161 e. The molecular weight excluding hydrogens is 240 g/mol. The van der Waals surface area contributed by atoms with E-state index >= 15 is 0 Å². The van der Waals surface area contributed by atoms with Crippen LogP contribution >= 0.6 is 0 Å². The molecule has 0 saturated heterocycles. The number of fused-ring (bicyclic) bond motifs is 1. The van der Waals surface area contributed by atoms with Crippen LogP contribution < -0.4 is 4.74 Å². The molecule has 0 aliphatic carbocycles. The van der Waals surface area contributed by atoms with Crippen molar-refractivity contribution in [2.24, 2.45) is 0 Å². The largest absolute Gasteiger partial charge is 0.497 e. The van der Waals surface area contributed by atoms with Gasteiger partial charge in [0.25, 0.3) is 0 Å². The van der Waals surface area contributed by atoms with Crippen molar-refractivity contribution in [1.82, 2.24) is 9.47 Å². The number of ether oxygens (including phenoxy) is 1. The van der Waals surface area contributed by atoms with E-state index in [0.29, 0.717) is 0 Å². The zero-order chi connectivity index (χ0) is 14.0. The number of methoxy groups -OCH3 is 1. The van der Waals surface area contributed by atoms with Crippen molar-refractivity contribution in [3.8, 4) is 5.75 Å². The highest BCUT2D eigenvalue weighted by molar-refractivity contribution is 6.07. The lowest BCUT2D eigenvalue weighted by Gasteiger charge is -2.11. The maximum Gasteiger partial charge on any atom is 0.161 e. The number of likely N-dealkylation sites (N-methyl/N-ethyl adjacent to an activating group) is 1. The van der Waals surface area contributed by atoms with Gasteiger partial charge in [-0.1, -0.05) is 0 Å². The molecule has 0 aliphatic heterocycles. The quantitative estimate of drug-likeness (QED) is 0.774. The van der Waals surface area contributed by atoms with E-state index in [-0.39, 0.29) is 5.78 Å². The summed E-state index contributed by atoms with van der Waals surface area (Å²) in [5, 5.41) is 0.964. The minimum absolute atomic E-state index is 0.0851. The highest BCUT2D eigenvalue weighted by atomic mass is 16.5. The number of Topliss-reactive ketones (excluding diaryl/α,β-unsaturated/α-hetero) is 1. The van der Waals surface area contributed by atoms with Gasteiger partial charge in [0.05, 0.1) is 7.11 Å². The van der Waals surface area contributed by atoms with Crippen LogP contribution in [0.3, 0.4) is 0 Å². The number of carbonyl (C=O) groups is 1. The van der Waals surface area contributed by atoms with E-state index in [1.165, 1.54) is 0 Å². The van der Waals surface area contributed by atoms with Crippen molar-refractivity contribution < 1.29 is 9.53 Å². The zero-order valence-electron chi connectivity index (χ0n) is 11.9. The molecular formula is C15H20N2O2. The summed E-state index contributed by atoms with van der Waals surface area (Å²) in [5.74, 6) is 0.863. The summed E-state index contributed by atoms with van der Waals surface area (Å²) in [6, 6.07) is 5.87. The summed E-state index contributed by atoms with van der Waals surface area (Å²) >= 11 is 0. The van der Waals surface area contributed by atoms with Gasteiger partial charge in [0.1, 0.15) is 5.75 Å². The van der Waals surface area contributed by atoms with E-state index in [9.17, 15) is 4.79 Å². The normalized spacial score (nSPS) is 11.2. The van der Waals surface area contributed by atoms with E-state index in [1.807, 2.05) is 38.5 Å². The molecule has 0 amide bonds. The summed E-state index contributed by atoms with van der Waals surface area (Å²) in [5.41, 5.74) is 1.83. The summed E-state index contributed by atoms with van der Waals surface area (Å²) < 4.78 is 7.37. The second-order valence-corrected chi connectivity index (χ2v) is 4.98. The van der Waals surface area contributed by atoms with Crippen LogP contribution in [-0.4, -0.2) is 43.0 Å². The fourth-order valence-corrected chi connectivity index (χ4v) is 2.18. The molecule has 1 aromatic heterocycles. The van der Waals surface area contributed by atoms with Crippen LogP contribution in [0.4, 0.5) is 0 Å². The van der Waals surface area contributed by atoms with Crippen molar-refractivity contribution in [1.29, 1.82) is 0 Å². The predicted molar refractivity (Wildman–Crippen MR) is 77.0 cm³/mol. The van der Waals surface area contributed by atoms with E-state index < -0.39 is 0 Å². The molecule has 4 heteroatoms. The number of ketones is 1. The van der Waals surface area contributed by atoms with Crippen molar-refractivity contribution >= 4 is 16.7 Å². The average Bonchev–Trinajstić information content (AvgIpc) is 2.74. The Kier molecular flexibility index (Phi) is 3.90. The molecule has 0 N–H and O–H groups in total. The van der Waals surface area contributed by atoms with Gasteiger partial charge in [-0.25, -0.2) is 0 Å². The lowest BCUT2D eigenvalue weighted by molar-refractivity contribution is 0.101. The van der Waals surface area contributed by atoms with Crippen LogP contribution in [0.25, 0.3) is 10.9 Å². The van der Waals surface area contributed by atoms with Crippen LogP contribution in [0.2, 0.25) is 0 Å². The van der Waals surface area contributed by atoms with E-state index in [4.69, 9.17) is 4.74 Å². The highest BCUT2D eigenvalue weighted by Crippen LogP contribution is 2.26. The molecule has 102 valence electrons. The molecule has 0 fully saturated rings. The first-order valence-electron chi connectivity index (χ1n) is 6.35. The number of rotatable bonds is 5. The molecule has 0 aliphatic rings. The van der Waals surface area contributed by atoms with Gasteiger partial charge in [0.2, 0.25) is 0 Å². The molecule has 0 bridgehead atoms. The van der Waals surface area contributed by atoms with Gasteiger partial charge in [-0.05, 0) is 39.2 Å². The predicted octanol–water partition coefficient (Wildman–Crippen LogP) is 2.41. The number of hydrogen-bond donors (Lipinski definition) is 0. The molecule has 0 atom stereocenters. The molecule has 4 nitrogen and oxygen atoms in total. The maximum atomic E-state index is 11.7. The second kappa shape index (κ2) is 5.45. The lowest BCUT2D eigenvalue weighted by Crippen LogP contribution is -2.17. The number of hydrogen-bond acceptors (Lipinski definition) is 3. The fraction of sp³-hybridized carbons (Fsp3) is 0.400. The van der Waals surface area contributed by atoms with E-state index in [0.717, 1.165) is 35.3 Å². The Hall–Kier alpha value is -1.81. The molecule has 0 unspecified atom stereocenters. The molecule has 0 saturated carbocycles. The first-order valence-corrected chi connectivity index (χ1v) is 6.35. The van der Waals surface area contributed by atoms with Crippen molar-refractivity contribution in [3.63, 3.8) is 0 Å². The number of carbonyl (C=O) groups excluding carboxylic acids is 1. The maximum absolute atomic E-state index is 11.7. The van der Waals surface area contributed by atoms with Crippen molar-refractivity contribution in [2.75, 3.05) is 27.7 Å². The second-order valence-electron chi connectivity index (χ2n) is 4.98. The molecule has 1 heterocycles. The third kappa shape index (κ3) is 2.79. The van der Waals surface area contributed by atoms with Crippen LogP contribution in [0.1, 0.15) is 17.3 Å². The Morgan fingerprint density at radius 3 is 2.68 bits per heavy atom. The van der Waals surface area contributed by atoms with Gasteiger partial charge in [-0.2, -0.15) is 0 Å². The van der Waals surface area contributed by atoms with Crippen LogP contribution in [0.5, 0.6) is 5.75 Å². The number of benzene rings is 1. The number of nitrogens with zero attached hydrogens (tertiary/aromatic N) is 2. The van der Waals surface area contributed by atoms with E-state index in [1.54, 1.807) is 14.0 Å². The summed E-state index contributed by atoms with van der Waals surface area (Å²) in [6.07, 6.45) is 1.94. The third-order valence-electron chi connectivity index (χ3n) is 3.26. The van der Waals surface area contributed by atoms with Gasteiger partial charge in [0, 0.05) is 35.8 Å². The van der Waals surface area contributed by atoms with Gasteiger partial charge in [-0.15, -0.1) is 0 Å². The zero-order valence-corrected chi connectivity index (χ0v) is 11.9. The first kappa shape index (κ1) is 13.6.